The van der Waals surface area contributed by atoms with E-state index in [9.17, 15) is 19.2 Å². The Hall–Kier alpha value is -3.45. The van der Waals surface area contributed by atoms with Crippen molar-refractivity contribution < 1.29 is 19.2 Å². The lowest BCUT2D eigenvalue weighted by atomic mass is 9.85. The summed E-state index contributed by atoms with van der Waals surface area (Å²) in [6, 6.07) is 15.9. The fourth-order valence-corrected chi connectivity index (χ4v) is 5.29. The topological polar surface area (TPSA) is 86.8 Å². The maximum Gasteiger partial charge on any atom is 0.243 e. The predicted molar refractivity (Wildman–Crippen MR) is 141 cm³/mol. The van der Waals surface area contributed by atoms with Crippen LogP contribution in [0.5, 0.6) is 0 Å². The number of fused-ring (bicyclic) bond motifs is 1. The van der Waals surface area contributed by atoms with Gasteiger partial charge >= 0.3 is 0 Å². The van der Waals surface area contributed by atoms with E-state index in [0.29, 0.717) is 36.4 Å². The van der Waals surface area contributed by atoms with E-state index in [1.807, 2.05) is 67.6 Å². The van der Waals surface area contributed by atoms with Gasteiger partial charge in [-0.25, -0.2) is 0 Å². The van der Waals surface area contributed by atoms with Gasteiger partial charge in [-0.2, -0.15) is 0 Å². The second kappa shape index (κ2) is 12.2. The number of hydrogen-bond donors (Lipinski definition) is 1. The number of benzene rings is 2. The Morgan fingerprint density at radius 3 is 2.24 bits per heavy atom. The van der Waals surface area contributed by atoms with Crippen LogP contribution >= 0.6 is 11.6 Å². The molecule has 0 bridgehead atoms. The molecule has 4 amide bonds. The van der Waals surface area contributed by atoms with Crippen LogP contribution in [0.15, 0.2) is 66.7 Å². The van der Waals surface area contributed by atoms with E-state index in [1.54, 1.807) is 6.07 Å². The highest BCUT2D eigenvalue weighted by Crippen LogP contribution is 2.35. The first-order valence-corrected chi connectivity index (χ1v) is 13.1. The Bertz CT molecular complexity index is 1160. The fourth-order valence-electron chi connectivity index (χ4n) is 5.10. The molecule has 4 rings (SSSR count). The van der Waals surface area contributed by atoms with E-state index in [2.05, 4.69) is 5.32 Å². The Labute approximate surface area is 222 Å². The summed E-state index contributed by atoms with van der Waals surface area (Å²) in [4.78, 5) is 55.5. The van der Waals surface area contributed by atoms with Crippen LogP contribution in [0.25, 0.3) is 0 Å². The molecule has 1 unspecified atom stereocenters. The highest BCUT2D eigenvalue weighted by molar-refractivity contribution is 6.31. The minimum atomic E-state index is -0.789. The van der Waals surface area contributed by atoms with E-state index < -0.39 is 6.04 Å². The summed E-state index contributed by atoms with van der Waals surface area (Å²) >= 11 is 6.43. The SMILES string of the molecule is CCNC(=O)C(Cc1ccccc1)N(Cc1ccccc1Cl)C(=O)CCN1C(=O)[C@H]2CC=CC[C@H]2C1=O. The second-order valence-electron chi connectivity index (χ2n) is 9.45. The zero-order chi connectivity index (χ0) is 26.4. The minimum absolute atomic E-state index is 0.00399. The number of likely N-dealkylation sites (tertiary alicyclic amines) is 1. The molecule has 0 saturated carbocycles. The first-order chi connectivity index (χ1) is 17.9. The number of amides is 4. The van der Waals surface area contributed by atoms with Crippen LogP contribution in [0.4, 0.5) is 0 Å². The lowest BCUT2D eigenvalue weighted by molar-refractivity contribution is -0.144. The van der Waals surface area contributed by atoms with Crippen molar-refractivity contribution in [3.8, 4) is 0 Å². The van der Waals surface area contributed by atoms with Gasteiger partial charge in [-0.1, -0.05) is 72.3 Å². The number of carbonyl (C=O) groups excluding carboxylic acids is 4. The van der Waals surface area contributed by atoms with Crippen molar-refractivity contribution in [2.24, 2.45) is 11.8 Å². The average molecular weight is 522 g/mol. The van der Waals surface area contributed by atoms with Crippen molar-refractivity contribution in [1.82, 2.24) is 15.1 Å². The van der Waals surface area contributed by atoms with Crippen molar-refractivity contribution in [1.29, 1.82) is 0 Å². The van der Waals surface area contributed by atoms with E-state index in [-0.39, 0.29) is 55.0 Å². The molecule has 7 nitrogen and oxygen atoms in total. The smallest absolute Gasteiger partial charge is 0.243 e. The van der Waals surface area contributed by atoms with Crippen LogP contribution in [0, 0.1) is 11.8 Å². The Balaban J connectivity index is 1.58. The molecule has 1 saturated heterocycles. The molecule has 3 atom stereocenters. The Morgan fingerprint density at radius 2 is 1.62 bits per heavy atom. The average Bonchev–Trinajstić information content (AvgIpc) is 3.15. The van der Waals surface area contributed by atoms with Crippen LogP contribution in [0.3, 0.4) is 0 Å². The summed E-state index contributed by atoms with van der Waals surface area (Å²) in [5.74, 6) is -1.69. The molecule has 0 aromatic heterocycles. The van der Waals surface area contributed by atoms with Crippen molar-refractivity contribution in [3.63, 3.8) is 0 Å². The van der Waals surface area contributed by atoms with Crippen LogP contribution < -0.4 is 5.32 Å². The van der Waals surface area contributed by atoms with Gasteiger partial charge in [-0.15, -0.1) is 0 Å². The molecule has 1 heterocycles. The van der Waals surface area contributed by atoms with Gasteiger partial charge in [-0.05, 0) is 37.0 Å². The maximum atomic E-state index is 13.7. The first-order valence-electron chi connectivity index (χ1n) is 12.8. The summed E-state index contributed by atoms with van der Waals surface area (Å²) in [5.41, 5.74) is 1.63. The van der Waals surface area contributed by atoms with E-state index in [1.165, 1.54) is 9.80 Å². The highest BCUT2D eigenvalue weighted by Gasteiger charge is 2.47. The quantitative estimate of drug-likeness (QED) is 0.381. The number of carbonyl (C=O) groups is 4. The number of rotatable bonds is 10. The van der Waals surface area contributed by atoms with Crippen LogP contribution in [0.1, 0.15) is 37.3 Å². The number of imide groups is 1. The van der Waals surface area contributed by atoms with Gasteiger partial charge in [0, 0.05) is 37.5 Å². The highest BCUT2D eigenvalue weighted by atomic mass is 35.5. The van der Waals surface area contributed by atoms with Crippen molar-refractivity contribution >= 4 is 35.2 Å². The number of hydrogen-bond acceptors (Lipinski definition) is 4. The number of nitrogens with one attached hydrogen (secondary N) is 1. The molecule has 8 heteroatoms. The number of likely N-dealkylation sites (N-methyl/N-ethyl adjacent to an activating group) is 1. The van der Waals surface area contributed by atoms with Gasteiger partial charge in [0.15, 0.2) is 0 Å². The third-order valence-corrected chi connectivity index (χ3v) is 7.44. The van der Waals surface area contributed by atoms with E-state index >= 15 is 0 Å². The minimum Gasteiger partial charge on any atom is -0.355 e. The number of nitrogens with zero attached hydrogens (tertiary/aromatic N) is 2. The van der Waals surface area contributed by atoms with E-state index in [0.717, 1.165) is 5.56 Å². The van der Waals surface area contributed by atoms with Crippen LogP contribution in [0.2, 0.25) is 5.02 Å². The molecular formula is C29H32ClN3O4. The molecule has 0 spiro atoms. The summed E-state index contributed by atoms with van der Waals surface area (Å²) in [5, 5.41) is 3.35. The van der Waals surface area contributed by atoms with Crippen LogP contribution in [-0.4, -0.2) is 52.6 Å². The first kappa shape index (κ1) is 26.6. The molecule has 37 heavy (non-hydrogen) atoms. The molecule has 2 aromatic rings. The molecule has 2 aliphatic rings. The number of halogens is 1. The van der Waals surface area contributed by atoms with Gasteiger partial charge < -0.3 is 10.2 Å². The maximum absolute atomic E-state index is 13.7. The molecule has 1 aliphatic carbocycles. The molecule has 2 aromatic carbocycles. The normalized spacial score (nSPS) is 19.5. The lowest BCUT2D eigenvalue weighted by Gasteiger charge is -2.32. The molecule has 1 aliphatic heterocycles. The van der Waals surface area contributed by atoms with Gasteiger partial charge in [-0.3, -0.25) is 24.1 Å². The monoisotopic (exact) mass is 521 g/mol. The van der Waals surface area contributed by atoms with Crippen LogP contribution in [-0.2, 0) is 32.1 Å². The zero-order valence-corrected chi connectivity index (χ0v) is 21.7. The number of allylic oxidation sites excluding steroid dienone is 2. The summed E-state index contributed by atoms with van der Waals surface area (Å²) in [6.45, 7) is 2.38. The van der Waals surface area contributed by atoms with Gasteiger partial charge in [0.2, 0.25) is 23.6 Å². The predicted octanol–water partition coefficient (Wildman–Crippen LogP) is 3.76. The molecule has 1 fully saturated rings. The van der Waals surface area contributed by atoms with E-state index in [4.69, 9.17) is 11.6 Å². The molecular weight excluding hydrogens is 490 g/mol. The summed E-state index contributed by atoms with van der Waals surface area (Å²) < 4.78 is 0. The van der Waals surface area contributed by atoms with Gasteiger partial charge in [0.1, 0.15) is 6.04 Å². The summed E-state index contributed by atoms with van der Waals surface area (Å²) in [7, 11) is 0. The molecule has 0 radical (unpaired) electrons. The second-order valence-corrected chi connectivity index (χ2v) is 9.85. The van der Waals surface area contributed by atoms with Crippen molar-refractivity contribution in [2.75, 3.05) is 13.1 Å². The molecule has 1 N–H and O–H groups in total. The third-order valence-electron chi connectivity index (χ3n) is 7.07. The largest absolute Gasteiger partial charge is 0.355 e. The third kappa shape index (κ3) is 6.10. The van der Waals surface area contributed by atoms with Gasteiger partial charge in [0.25, 0.3) is 0 Å². The van der Waals surface area contributed by atoms with Crippen molar-refractivity contribution in [3.05, 3.63) is 82.9 Å². The lowest BCUT2D eigenvalue weighted by Crippen LogP contribution is -2.51. The summed E-state index contributed by atoms with van der Waals surface area (Å²) in [6.07, 6.45) is 5.22. The molecule has 194 valence electrons. The standard InChI is InChI=1S/C29H32ClN3O4/c1-2-31-27(35)25(18-20-10-4-3-5-11-20)33(19-21-12-6-9-15-24(21)30)26(34)16-17-32-28(36)22-13-7-8-14-23(22)29(32)37/h3-12,15,22-23,25H,2,13-14,16-19H2,1H3,(H,31,35)/t22-,23+,25?. The zero-order valence-electron chi connectivity index (χ0n) is 20.9. The Kier molecular flexibility index (Phi) is 8.77. The Morgan fingerprint density at radius 1 is 1.00 bits per heavy atom. The van der Waals surface area contributed by atoms with Gasteiger partial charge in [0.05, 0.1) is 11.8 Å². The van der Waals surface area contributed by atoms with Crippen molar-refractivity contribution in [2.45, 2.75) is 45.2 Å². The fraction of sp³-hybridized carbons (Fsp3) is 0.379.